The van der Waals surface area contributed by atoms with Gasteiger partial charge in [0.1, 0.15) is 18.4 Å². The fraction of sp³-hybridized carbons (Fsp3) is 0.375. The zero-order valence-electron chi connectivity index (χ0n) is 15.4. The predicted molar refractivity (Wildman–Crippen MR) is 99.6 cm³/mol. The fourth-order valence-electron chi connectivity index (χ4n) is 3.16. The number of aliphatic hydroxyl groups excluding tert-OH is 1. The van der Waals surface area contributed by atoms with Gasteiger partial charge in [-0.15, -0.1) is 0 Å². The lowest BCUT2D eigenvalue weighted by Gasteiger charge is -2.26. The lowest BCUT2D eigenvalue weighted by Crippen LogP contribution is -2.34. The van der Waals surface area contributed by atoms with E-state index < -0.39 is 48.5 Å². The van der Waals surface area contributed by atoms with Gasteiger partial charge >= 0.3 is 13.5 Å². The summed E-state index contributed by atoms with van der Waals surface area (Å²) in [5, 5.41) is 21.3. The molecule has 2 heterocycles. The van der Waals surface area contributed by atoms with Crippen molar-refractivity contribution in [3.8, 4) is 0 Å². The highest BCUT2D eigenvalue weighted by Crippen LogP contribution is 2.47. The number of ether oxygens (including phenoxy) is 1. The maximum absolute atomic E-state index is 12.1. The smallest absolute Gasteiger partial charge is 0.390 e. The van der Waals surface area contributed by atoms with Crippen molar-refractivity contribution in [2.45, 2.75) is 37.9 Å². The molecule has 1 aromatic heterocycles. The average Bonchev–Trinajstić information content (AvgIpc) is 3.03. The van der Waals surface area contributed by atoms with E-state index in [1.807, 2.05) is 0 Å². The average molecular weight is 443 g/mol. The lowest BCUT2D eigenvalue weighted by molar-refractivity contribution is -0.384. The molecule has 1 fully saturated rings. The quantitative estimate of drug-likeness (QED) is 0.273. The Hall–Kier alpha value is -2.67. The summed E-state index contributed by atoms with van der Waals surface area (Å²) in [6.07, 6.45) is -4.06. The molecular weight excluding hydrogens is 425 g/mol. The van der Waals surface area contributed by atoms with Gasteiger partial charge in [-0.25, -0.2) is 9.36 Å². The van der Waals surface area contributed by atoms with Crippen molar-refractivity contribution in [1.29, 1.82) is 0 Å². The van der Waals surface area contributed by atoms with Gasteiger partial charge in [-0.05, 0) is 24.6 Å². The zero-order chi connectivity index (χ0) is 22.2. The third kappa shape index (κ3) is 4.73. The lowest BCUT2D eigenvalue weighted by atomic mass is 10.00. The number of aliphatic hydroxyl groups is 1. The van der Waals surface area contributed by atoms with Crippen LogP contribution in [0.4, 0.5) is 5.69 Å². The Morgan fingerprint density at radius 3 is 2.53 bits per heavy atom. The summed E-state index contributed by atoms with van der Waals surface area (Å²) in [6, 6.07) is 4.66. The number of aryl methyl sites for hydroxylation is 1. The SMILES string of the molecule is Cc1cn([C@H]2C[C@H](O)[C@@H](C(OP(=O)(O)O)c3ccc([N+](=O)[O-])cc3)O2)c(=O)[nH]c1=O. The van der Waals surface area contributed by atoms with Gasteiger partial charge in [-0.2, -0.15) is 0 Å². The molecule has 1 saturated heterocycles. The van der Waals surface area contributed by atoms with Crippen LogP contribution in [0.5, 0.6) is 0 Å². The number of phosphoric acid groups is 1. The maximum atomic E-state index is 12.1. The molecule has 1 aliphatic heterocycles. The van der Waals surface area contributed by atoms with Crippen LogP contribution in [-0.2, 0) is 13.8 Å². The van der Waals surface area contributed by atoms with Crippen LogP contribution in [0.1, 0.15) is 29.9 Å². The normalized spacial score (nSPS) is 22.7. The van der Waals surface area contributed by atoms with Crippen LogP contribution in [0.2, 0.25) is 0 Å². The molecule has 30 heavy (non-hydrogen) atoms. The molecule has 14 heteroatoms. The van der Waals surface area contributed by atoms with Crippen LogP contribution < -0.4 is 11.2 Å². The maximum Gasteiger partial charge on any atom is 0.470 e. The van der Waals surface area contributed by atoms with Gasteiger partial charge in [0.15, 0.2) is 0 Å². The summed E-state index contributed by atoms with van der Waals surface area (Å²) in [5.74, 6) is 0. The number of hydrogen-bond acceptors (Lipinski definition) is 8. The highest BCUT2D eigenvalue weighted by molar-refractivity contribution is 7.46. The van der Waals surface area contributed by atoms with Gasteiger partial charge in [0.25, 0.3) is 11.2 Å². The number of nitrogens with one attached hydrogen (secondary N) is 1. The van der Waals surface area contributed by atoms with E-state index in [9.17, 15) is 39.2 Å². The number of hydrogen-bond donors (Lipinski definition) is 4. The summed E-state index contributed by atoms with van der Waals surface area (Å²) in [7, 11) is -5.05. The second kappa shape index (κ2) is 8.22. The van der Waals surface area contributed by atoms with Crippen LogP contribution in [0, 0.1) is 17.0 Å². The second-order valence-electron chi connectivity index (χ2n) is 6.70. The fourth-order valence-corrected chi connectivity index (χ4v) is 3.70. The van der Waals surface area contributed by atoms with Crippen LogP contribution in [-0.4, -0.2) is 41.6 Å². The molecule has 3 rings (SSSR count). The molecule has 162 valence electrons. The van der Waals surface area contributed by atoms with Gasteiger partial charge in [-0.1, -0.05) is 0 Å². The molecule has 0 amide bonds. The summed E-state index contributed by atoms with van der Waals surface area (Å²) in [6.45, 7) is 1.47. The van der Waals surface area contributed by atoms with Gasteiger partial charge < -0.3 is 19.6 Å². The number of phosphoric ester groups is 1. The third-order valence-corrected chi connectivity index (χ3v) is 5.08. The van der Waals surface area contributed by atoms with Crippen molar-refractivity contribution in [2.24, 2.45) is 0 Å². The number of benzene rings is 1. The number of nitro benzene ring substituents is 1. The summed E-state index contributed by atoms with van der Waals surface area (Å²) < 4.78 is 23.0. The second-order valence-corrected chi connectivity index (χ2v) is 7.89. The van der Waals surface area contributed by atoms with Crippen molar-refractivity contribution in [3.63, 3.8) is 0 Å². The molecule has 4 N–H and O–H groups in total. The summed E-state index contributed by atoms with van der Waals surface area (Å²) in [4.78, 5) is 54.5. The highest BCUT2D eigenvalue weighted by atomic mass is 31.2. The third-order valence-electron chi connectivity index (χ3n) is 4.57. The topological polar surface area (TPSA) is 194 Å². The van der Waals surface area contributed by atoms with Gasteiger partial charge in [-0.3, -0.25) is 29.0 Å². The summed E-state index contributed by atoms with van der Waals surface area (Å²) in [5.41, 5.74) is -1.30. The van der Waals surface area contributed by atoms with Crippen LogP contribution >= 0.6 is 7.82 Å². The number of nitro groups is 1. The Labute approximate surface area is 167 Å². The minimum atomic E-state index is -5.05. The molecule has 4 atom stereocenters. The number of aromatic amines is 1. The van der Waals surface area contributed by atoms with E-state index in [0.717, 1.165) is 16.7 Å². The Balaban J connectivity index is 1.95. The Bertz CT molecular complexity index is 1110. The van der Waals surface area contributed by atoms with Crippen molar-refractivity contribution in [3.05, 3.63) is 72.5 Å². The number of rotatable bonds is 6. The van der Waals surface area contributed by atoms with Gasteiger partial charge in [0.2, 0.25) is 0 Å². The molecule has 13 nitrogen and oxygen atoms in total. The minimum absolute atomic E-state index is 0.110. The molecule has 2 aromatic rings. The highest BCUT2D eigenvalue weighted by Gasteiger charge is 2.44. The molecule has 1 aromatic carbocycles. The van der Waals surface area contributed by atoms with E-state index >= 15 is 0 Å². The first-order chi connectivity index (χ1) is 14.0. The van der Waals surface area contributed by atoms with Crippen LogP contribution in [0.15, 0.2) is 40.1 Å². The van der Waals surface area contributed by atoms with Crippen molar-refractivity contribution in [2.75, 3.05) is 0 Å². The molecule has 0 radical (unpaired) electrons. The molecule has 1 aliphatic rings. The Morgan fingerprint density at radius 2 is 1.97 bits per heavy atom. The van der Waals surface area contributed by atoms with E-state index in [4.69, 9.17) is 9.26 Å². The van der Waals surface area contributed by atoms with Gasteiger partial charge in [0, 0.05) is 30.3 Å². The number of H-pyrrole nitrogens is 1. The zero-order valence-corrected chi connectivity index (χ0v) is 16.3. The molecule has 0 saturated carbocycles. The van der Waals surface area contributed by atoms with Crippen LogP contribution in [0.3, 0.4) is 0 Å². The molecule has 0 bridgehead atoms. The number of non-ortho nitro benzene ring substituents is 1. The molecule has 1 unspecified atom stereocenters. The first-order valence-corrected chi connectivity index (χ1v) is 10.1. The Kier molecular flexibility index (Phi) is 6.04. The Morgan fingerprint density at radius 1 is 1.33 bits per heavy atom. The number of nitrogens with zero attached hydrogens (tertiary/aromatic N) is 2. The molecule has 0 spiro atoms. The first kappa shape index (κ1) is 22.0. The van der Waals surface area contributed by atoms with Crippen molar-refractivity contribution < 1.29 is 33.6 Å². The monoisotopic (exact) mass is 443 g/mol. The summed E-state index contributed by atoms with van der Waals surface area (Å²) >= 11 is 0. The van der Waals surface area contributed by atoms with E-state index in [0.29, 0.717) is 0 Å². The molecular formula is C16H18N3O10P. The predicted octanol–water partition coefficient (Wildman–Crippen LogP) is 0.252. The van der Waals surface area contributed by atoms with Crippen molar-refractivity contribution >= 4 is 13.5 Å². The van der Waals surface area contributed by atoms with Crippen LogP contribution in [0.25, 0.3) is 0 Å². The van der Waals surface area contributed by atoms with Gasteiger partial charge in [0.05, 0.1) is 11.0 Å². The van der Waals surface area contributed by atoms with E-state index in [1.165, 1.54) is 25.3 Å². The number of aromatic nitrogens is 2. The largest absolute Gasteiger partial charge is 0.470 e. The van der Waals surface area contributed by atoms with E-state index in [-0.39, 0.29) is 23.2 Å². The van der Waals surface area contributed by atoms with Crippen molar-refractivity contribution in [1.82, 2.24) is 9.55 Å². The van der Waals surface area contributed by atoms with E-state index in [1.54, 1.807) is 0 Å². The first-order valence-electron chi connectivity index (χ1n) is 8.60. The van der Waals surface area contributed by atoms with E-state index in [2.05, 4.69) is 4.98 Å². The standard InChI is InChI=1S/C16H18N3O10P/c1-8-7-18(16(22)17-15(8)21)12-6-11(20)14(28-12)13(29-30(25,26)27)9-2-4-10(5-3-9)19(23)24/h2-5,7,11-14,20H,6H2,1H3,(H,17,21,22)(H2,25,26,27)/t11-,12+,13?,14-/m0/s1. The minimum Gasteiger partial charge on any atom is -0.390 e. The molecule has 0 aliphatic carbocycles.